The lowest BCUT2D eigenvalue weighted by atomic mass is 10.1. The average molecular weight is 376 g/mol. The molecule has 0 amide bonds. The van der Waals surface area contributed by atoms with Crippen LogP contribution in [0, 0.1) is 10.1 Å². The molecule has 8 heteroatoms. The zero-order chi connectivity index (χ0) is 19.8. The number of para-hydroxylation sites is 1. The second-order valence-electron chi connectivity index (χ2n) is 6.01. The number of phenolic OH excluding ortho intramolecular Hbond substituents is 1. The fraction of sp³-hybridized carbons (Fsp3) is 0. The molecule has 0 spiro atoms. The van der Waals surface area contributed by atoms with Gasteiger partial charge in [0.2, 0.25) is 0 Å². The Balaban J connectivity index is 1.88. The third-order valence-corrected chi connectivity index (χ3v) is 4.25. The van der Waals surface area contributed by atoms with Crippen molar-refractivity contribution in [1.82, 2.24) is 4.98 Å². The smallest absolute Gasteiger partial charge is 0.335 e. The summed E-state index contributed by atoms with van der Waals surface area (Å²) in [5.74, 6) is -1.28. The Bertz CT molecular complexity index is 1250. The van der Waals surface area contributed by atoms with E-state index in [1.165, 1.54) is 24.3 Å². The topological polar surface area (TPSA) is 123 Å². The summed E-state index contributed by atoms with van der Waals surface area (Å²) in [6.07, 6.45) is 0. The lowest BCUT2D eigenvalue weighted by Crippen LogP contribution is -1.97. The molecular formula is C20H12N2O6. The van der Waals surface area contributed by atoms with E-state index in [-0.39, 0.29) is 39.4 Å². The molecule has 0 saturated heterocycles. The highest BCUT2D eigenvalue weighted by atomic mass is 16.6. The number of non-ortho nitro benzene ring substituents is 1. The highest BCUT2D eigenvalue weighted by molar-refractivity contribution is 6.01. The van der Waals surface area contributed by atoms with Gasteiger partial charge in [0.05, 0.1) is 27.5 Å². The molecule has 0 saturated carbocycles. The SMILES string of the molecule is O=C(O)c1ccc(Oc2cc([N+](=O)[O-])c3nc4ccccc4cc3c2O)cc1. The van der Waals surface area contributed by atoms with Gasteiger partial charge in [-0.15, -0.1) is 0 Å². The van der Waals surface area contributed by atoms with Gasteiger partial charge in [-0.3, -0.25) is 10.1 Å². The summed E-state index contributed by atoms with van der Waals surface area (Å²) in [5, 5.41) is 32.0. The van der Waals surface area contributed by atoms with Crippen LogP contribution in [0.2, 0.25) is 0 Å². The molecule has 0 aliphatic carbocycles. The van der Waals surface area contributed by atoms with E-state index in [0.717, 1.165) is 6.07 Å². The highest BCUT2D eigenvalue weighted by Crippen LogP contribution is 2.42. The van der Waals surface area contributed by atoms with Crippen LogP contribution in [0.5, 0.6) is 17.2 Å². The second kappa shape index (κ2) is 6.51. The van der Waals surface area contributed by atoms with Gasteiger partial charge in [0.15, 0.2) is 17.0 Å². The Morgan fingerprint density at radius 1 is 1.07 bits per heavy atom. The van der Waals surface area contributed by atoms with E-state index >= 15 is 0 Å². The van der Waals surface area contributed by atoms with E-state index in [1.807, 2.05) is 0 Å². The van der Waals surface area contributed by atoms with Gasteiger partial charge >= 0.3 is 5.97 Å². The number of aromatic carboxylic acids is 1. The lowest BCUT2D eigenvalue weighted by molar-refractivity contribution is -0.383. The minimum absolute atomic E-state index is 0.0507. The number of nitrogens with zero attached hydrogens (tertiary/aromatic N) is 2. The maximum absolute atomic E-state index is 11.5. The average Bonchev–Trinajstić information content (AvgIpc) is 2.69. The molecule has 0 unspecified atom stereocenters. The number of nitro groups is 1. The molecule has 138 valence electrons. The molecule has 4 aromatic rings. The Morgan fingerprint density at radius 3 is 2.46 bits per heavy atom. The fourth-order valence-electron chi connectivity index (χ4n) is 2.89. The van der Waals surface area contributed by atoms with E-state index in [9.17, 15) is 20.0 Å². The van der Waals surface area contributed by atoms with Gasteiger partial charge in [0.25, 0.3) is 5.69 Å². The summed E-state index contributed by atoms with van der Waals surface area (Å²) >= 11 is 0. The molecule has 0 radical (unpaired) electrons. The third kappa shape index (κ3) is 2.92. The molecule has 2 N–H and O–H groups in total. The zero-order valence-electron chi connectivity index (χ0n) is 14.2. The molecule has 0 bridgehead atoms. The number of hydrogen-bond donors (Lipinski definition) is 2. The molecule has 4 rings (SSSR count). The molecule has 1 heterocycles. The van der Waals surface area contributed by atoms with Gasteiger partial charge in [-0.05, 0) is 36.4 Å². The quantitative estimate of drug-likeness (QED) is 0.305. The number of pyridine rings is 1. The van der Waals surface area contributed by atoms with Gasteiger partial charge in [0, 0.05) is 5.39 Å². The summed E-state index contributed by atoms with van der Waals surface area (Å²) < 4.78 is 5.58. The van der Waals surface area contributed by atoms with Crippen molar-refractivity contribution in [2.45, 2.75) is 0 Å². The standard InChI is InChI=1S/C20H12N2O6/c23-19-14-9-12-3-1-2-4-15(12)21-18(14)16(22(26)27)10-17(19)28-13-7-5-11(6-8-13)20(24)25/h1-10,23H,(H,24,25). The van der Waals surface area contributed by atoms with Crippen LogP contribution in [0.1, 0.15) is 10.4 Å². The van der Waals surface area contributed by atoms with E-state index < -0.39 is 10.9 Å². The van der Waals surface area contributed by atoms with Crippen LogP contribution < -0.4 is 4.74 Å². The number of fused-ring (bicyclic) bond motifs is 2. The van der Waals surface area contributed by atoms with Gasteiger partial charge in [0.1, 0.15) is 5.75 Å². The Kier molecular flexibility index (Phi) is 4.00. The molecule has 3 aromatic carbocycles. The number of aromatic nitrogens is 1. The van der Waals surface area contributed by atoms with E-state index in [0.29, 0.717) is 10.9 Å². The maximum Gasteiger partial charge on any atom is 0.335 e. The Morgan fingerprint density at radius 2 is 1.79 bits per heavy atom. The minimum Gasteiger partial charge on any atom is -0.504 e. The molecule has 0 aliphatic rings. The van der Waals surface area contributed by atoms with E-state index in [1.54, 1.807) is 30.3 Å². The van der Waals surface area contributed by atoms with Crippen LogP contribution in [0.25, 0.3) is 21.8 Å². The second-order valence-corrected chi connectivity index (χ2v) is 6.01. The monoisotopic (exact) mass is 376 g/mol. The van der Waals surface area contributed by atoms with Crippen LogP contribution >= 0.6 is 0 Å². The van der Waals surface area contributed by atoms with E-state index in [4.69, 9.17) is 9.84 Å². The van der Waals surface area contributed by atoms with E-state index in [2.05, 4.69) is 4.98 Å². The number of benzene rings is 3. The van der Waals surface area contributed by atoms with Crippen LogP contribution in [0.3, 0.4) is 0 Å². The molecule has 8 nitrogen and oxygen atoms in total. The first-order valence-corrected chi connectivity index (χ1v) is 8.15. The lowest BCUT2D eigenvalue weighted by Gasteiger charge is -2.11. The number of phenols is 1. The summed E-state index contributed by atoms with van der Waals surface area (Å²) in [5.41, 5.74) is 0.373. The normalized spacial score (nSPS) is 10.9. The molecule has 28 heavy (non-hydrogen) atoms. The van der Waals surface area contributed by atoms with Crippen LogP contribution in [-0.2, 0) is 0 Å². The minimum atomic E-state index is -1.09. The summed E-state index contributed by atoms with van der Waals surface area (Å²) in [4.78, 5) is 26.2. The molecule has 0 atom stereocenters. The molecule has 0 fully saturated rings. The van der Waals surface area contributed by atoms with Crippen molar-refractivity contribution < 1.29 is 24.7 Å². The number of carboxylic acid groups (broad SMARTS) is 1. The van der Waals surface area contributed by atoms with Crippen molar-refractivity contribution in [1.29, 1.82) is 0 Å². The van der Waals surface area contributed by atoms with Crippen molar-refractivity contribution in [3.05, 3.63) is 76.3 Å². The van der Waals surface area contributed by atoms with Crippen LogP contribution in [0.15, 0.2) is 60.7 Å². The van der Waals surface area contributed by atoms with Crippen molar-refractivity contribution in [3.63, 3.8) is 0 Å². The van der Waals surface area contributed by atoms with Gasteiger partial charge in [-0.25, -0.2) is 9.78 Å². The summed E-state index contributed by atoms with van der Waals surface area (Å²) in [7, 11) is 0. The van der Waals surface area contributed by atoms with Crippen molar-refractivity contribution >= 4 is 33.5 Å². The number of hydrogen-bond acceptors (Lipinski definition) is 6. The third-order valence-electron chi connectivity index (χ3n) is 4.25. The number of rotatable bonds is 4. The predicted molar refractivity (Wildman–Crippen MR) is 101 cm³/mol. The number of aromatic hydroxyl groups is 1. The largest absolute Gasteiger partial charge is 0.504 e. The fourth-order valence-corrected chi connectivity index (χ4v) is 2.89. The Hall–Kier alpha value is -4.20. The van der Waals surface area contributed by atoms with Gasteiger partial charge in [-0.1, -0.05) is 18.2 Å². The Labute approximate surface area is 157 Å². The molecule has 1 aromatic heterocycles. The zero-order valence-corrected chi connectivity index (χ0v) is 14.2. The first-order valence-electron chi connectivity index (χ1n) is 8.15. The van der Waals surface area contributed by atoms with Crippen molar-refractivity contribution in [2.75, 3.05) is 0 Å². The predicted octanol–water partition coefficient (Wildman–Crippen LogP) is 4.49. The molecule has 0 aliphatic heterocycles. The van der Waals surface area contributed by atoms with Crippen molar-refractivity contribution in [2.24, 2.45) is 0 Å². The van der Waals surface area contributed by atoms with Gasteiger partial charge in [-0.2, -0.15) is 0 Å². The number of nitro benzene ring substituents is 1. The number of carboxylic acids is 1. The number of ether oxygens (including phenoxy) is 1. The number of carbonyl (C=O) groups is 1. The first-order chi connectivity index (χ1) is 13.4. The summed E-state index contributed by atoms with van der Waals surface area (Å²) in [6, 6.07) is 15.3. The highest BCUT2D eigenvalue weighted by Gasteiger charge is 2.22. The van der Waals surface area contributed by atoms with Crippen molar-refractivity contribution in [3.8, 4) is 17.2 Å². The van der Waals surface area contributed by atoms with Gasteiger partial charge < -0.3 is 14.9 Å². The summed E-state index contributed by atoms with van der Waals surface area (Å²) in [6.45, 7) is 0. The van der Waals surface area contributed by atoms with Crippen LogP contribution in [-0.4, -0.2) is 26.1 Å². The first kappa shape index (κ1) is 17.2. The maximum atomic E-state index is 11.5. The van der Waals surface area contributed by atoms with Crippen LogP contribution in [0.4, 0.5) is 5.69 Å². The molecular weight excluding hydrogens is 364 g/mol.